The SMILES string of the molecule is CCNC(=NCCc1ccccc1F)NCCC1=CCOCC1. The number of nitrogens with one attached hydrogen (secondary N) is 2. The zero-order valence-corrected chi connectivity index (χ0v) is 13.8. The molecule has 0 radical (unpaired) electrons. The Hall–Kier alpha value is -1.88. The molecule has 0 amide bonds. The molecule has 0 spiro atoms. The van der Waals surface area contributed by atoms with Gasteiger partial charge in [0.1, 0.15) is 5.82 Å². The lowest BCUT2D eigenvalue weighted by Crippen LogP contribution is -2.38. The van der Waals surface area contributed by atoms with Gasteiger partial charge >= 0.3 is 0 Å². The van der Waals surface area contributed by atoms with Crippen molar-refractivity contribution in [3.63, 3.8) is 0 Å². The fourth-order valence-electron chi connectivity index (χ4n) is 2.47. The molecule has 0 aliphatic carbocycles. The number of benzene rings is 1. The largest absolute Gasteiger partial charge is 0.377 e. The fraction of sp³-hybridized carbons (Fsp3) is 0.500. The Kier molecular flexibility index (Phi) is 7.60. The van der Waals surface area contributed by atoms with Crippen molar-refractivity contribution in [1.29, 1.82) is 0 Å². The molecule has 0 saturated carbocycles. The summed E-state index contributed by atoms with van der Waals surface area (Å²) in [6.45, 7) is 5.80. The van der Waals surface area contributed by atoms with E-state index >= 15 is 0 Å². The fourth-order valence-corrected chi connectivity index (χ4v) is 2.47. The van der Waals surface area contributed by atoms with Crippen molar-refractivity contribution in [3.8, 4) is 0 Å². The molecule has 23 heavy (non-hydrogen) atoms. The van der Waals surface area contributed by atoms with Crippen LogP contribution in [-0.4, -0.2) is 38.8 Å². The number of hydrogen-bond donors (Lipinski definition) is 2. The highest BCUT2D eigenvalue weighted by Crippen LogP contribution is 2.10. The molecule has 126 valence electrons. The van der Waals surface area contributed by atoms with E-state index in [0.29, 0.717) is 18.5 Å². The molecule has 0 bridgehead atoms. The van der Waals surface area contributed by atoms with Crippen LogP contribution in [0.15, 0.2) is 40.9 Å². The first kappa shape index (κ1) is 17.5. The van der Waals surface area contributed by atoms with Crippen LogP contribution >= 0.6 is 0 Å². The van der Waals surface area contributed by atoms with Crippen molar-refractivity contribution in [2.24, 2.45) is 4.99 Å². The number of ether oxygens (including phenoxy) is 1. The second kappa shape index (κ2) is 10.0. The molecule has 0 saturated heterocycles. The minimum atomic E-state index is -0.160. The minimum Gasteiger partial charge on any atom is -0.377 e. The van der Waals surface area contributed by atoms with E-state index in [1.165, 1.54) is 11.6 Å². The molecule has 1 aromatic carbocycles. The van der Waals surface area contributed by atoms with Gasteiger partial charge in [0.05, 0.1) is 13.2 Å². The normalized spacial score (nSPS) is 15.2. The van der Waals surface area contributed by atoms with Gasteiger partial charge in [-0.1, -0.05) is 29.8 Å². The van der Waals surface area contributed by atoms with Crippen LogP contribution in [0.4, 0.5) is 4.39 Å². The highest BCUT2D eigenvalue weighted by Gasteiger charge is 2.04. The van der Waals surface area contributed by atoms with Gasteiger partial charge in [0.25, 0.3) is 0 Å². The maximum absolute atomic E-state index is 13.6. The van der Waals surface area contributed by atoms with Gasteiger partial charge in [-0.05, 0) is 37.8 Å². The molecule has 2 N–H and O–H groups in total. The van der Waals surface area contributed by atoms with Crippen molar-refractivity contribution in [2.75, 3.05) is 32.8 Å². The van der Waals surface area contributed by atoms with E-state index in [9.17, 15) is 4.39 Å². The average molecular weight is 319 g/mol. The molecule has 0 fully saturated rings. The first-order chi connectivity index (χ1) is 11.3. The summed E-state index contributed by atoms with van der Waals surface area (Å²) in [6, 6.07) is 6.86. The molecule has 4 nitrogen and oxygen atoms in total. The number of rotatable bonds is 7. The summed E-state index contributed by atoms with van der Waals surface area (Å²) in [4.78, 5) is 4.52. The van der Waals surface area contributed by atoms with Crippen LogP contribution in [0.25, 0.3) is 0 Å². The monoisotopic (exact) mass is 319 g/mol. The predicted molar refractivity (Wildman–Crippen MR) is 92.2 cm³/mol. The summed E-state index contributed by atoms with van der Waals surface area (Å²) in [5, 5.41) is 6.55. The maximum Gasteiger partial charge on any atom is 0.191 e. The summed E-state index contributed by atoms with van der Waals surface area (Å²) in [7, 11) is 0. The molecule has 0 unspecified atom stereocenters. The predicted octanol–water partition coefficient (Wildman–Crippen LogP) is 2.66. The van der Waals surface area contributed by atoms with Crippen molar-refractivity contribution >= 4 is 5.96 Å². The van der Waals surface area contributed by atoms with E-state index in [1.807, 2.05) is 19.1 Å². The first-order valence-corrected chi connectivity index (χ1v) is 8.31. The van der Waals surface area contributed by atoms with Crippen LogP contribution < -0.4 is 10.6 Å². The van der Waals surface area contributed by atoms with Crippen molar-refractivity contribution in [3.05, 3.63) is 47.3 Å². The van der Waals surface area contributed by atoms with E-state index < -0.39 is 0 Å². The van der Waals surface area contributed by atoms with Crippen LogP contribution in [0.5, 0.6) is 0 Å². The summed E-state index contributed by atoms with van der Waals surface area (Å²) in [5.41, 5.74) is 2.14. The lowest BCUT2D eigenvalue weighted by molar-refractivity contribution is 0.153. The zero-order chi connectivity index (χ0) is 16.3. The highest BCUT2D eigenvalue weighted by atomic mass is 19.1. The van der Waals surface area contributed by atoms with Gasteiger partial charge in [0, 0.05) is 19.6 Å². The molecule has 1 aromatic rings. The Morgan fingerprint density at radius 3 is 2.87 bits per heavy atom. The van der Waals surface area contributed by atoms with Crippen LogP contribution in [0.1, 0.15) is 25.3 Å². The molecule has 2 rings (SSSR count). The second-order valence-corrected chi connectivity index (χ2v) is 5.47. The molecule has 0 atom stereocenters. The van der Waals surface area contributed by atoms with Gasteiger partial charge in [-0.15, -0.1) is 0 Å². The quantitative estimate of drug-likeness (QED) is 0.461. The summed E-state index contributed by atoms with van der Waals surface area (Å²) >= 11 is 0. The van der Waals surface area contributed by atoms with Gasteiger partial charge in [-0.3, -0.25) is 4.99 Å². The number of guanidine groups is 1. The molecule has 1 aliphatic rings. The third-order valence-electron chi connectivity index (χ3n) is 3.75. The van der Waals surface area contributed by atoms with Gasteiger partial charge in [0.2, 0.25) is 0 Å². The number of halogens is 1. The van der Waals surface area contributed by atoms with Crippen molar-refractivity contribution in [1.82, 2.24) is 10.6 Å². The highest BCUT2D eigenvalue weighted by molar-refractivity contribution is 5.79. The van der Waals surface area contributed by atoms with Crippen LogP contribution in [0.3, 0.4) is 0 Å². The van der Waals surface area contributed by atoms with Crippen molar-refractivity contribution < 1.29 is 9.13 Å². The molecule has 1 aliphatic heterocycles. The lowest BCUT2D eigenvalue weighted by atomic mass is 10.1. The molecular formula is C18H26FN3O. The van der Waals surface area contributed by atoms with Gasteiger partial charge in [0.15, 0.2) is 5.96 Å². The number of hydrogen-bond acceptors (Lipinski definition) is 2. The topological polar surface area (TPSA) is 45.7 Å². The third kappa shape index (κ3) is 6.40. The molecule has 5 heteroatoms. The molecular weight excluding hydrogens is 293 g/mol. The Morgan fingerprint density at radius 2 is 2.13 bits per heavy atom. The van der Waals surface area contributed by atoms with Crippen LogP contribution in [0, 0.1) is 5.82 Å². The van der Waals surface area contributed by atoms with E-state index in [1.54, 1.807) is 6.07 Å². The van der Waals surface area contributed by atoms with E-state index in [2.05, 4.69) is 21.7 Å². The Morgan fingerprint density at radius 1 is 1.26 bits per heavy atom. The standard InChI is InChI=1S/C18H26FN3O/c1-2-20-18(21-11-7-15-9-13-23-14-10-15)22-12-8-16-5-3-4-6-17(16)19/h3-6,9H,2,7-8,10-14H2,1H3,(H2,20,21,22). The number of nitrogens with zero attached hydrogens (tertiary/aromatic N) is 1. The number of aliphatic imine (C=N–C) groups is 1. The molecule has 0 aromatic heterocycles. The summed E-state index contributed by atoms with van der Waals surface area (Å²) < 4.78 is 18.9. The average Bonchev–Trinajstić information content (AvgIpc) is 2.57. The maximum atomic E-state index is 13.6. The van der Waals surface area contributed by atoms with Crippen LogP contribution in [0.2, 0.25) is 0 Å². The Labute approximate surface area is 137 Å². The zero-order valence-electron chi connectivity index (χ0n) is 13.8. The lowest BCUT2D eigenvalue weighted by Gasteiger charge is -2.15. The van der Waals surface area contributed by atoms with Gasteiger partial charge < -0.3 is 15.4 Å². The van der Waals surface area contributed by atoms with E-state index in [-0.39, 0.29) is 5.82 Å². The third-order valence-corrected chi connectivity index (χ3v) is 3.75. The van der Waals surface area contributed by atoms with Gasteiger partial charge in [-0.25, -0.2) is 4.39 Å². The summed E-state index contributed by atoms with van der Waals surface area (Å²) in [6.07, 6.45) is 4.78. The second-order valence-electron chi connectivity index (χ2n) is 5.47. The first-order valence-electron chi connectivity index (χ1n) is 8.31. The minimum absolute atomic E-state index is 0.160. The van der Waals surface area contributed by atoms with Gasteiger partial charge in [-0.2, -0.15) is 0 Å². The van der Waals surface area contributed by atoms with Crippen LogP contribution in [-0.2, 0) is 11.2 Å². The smallest absolute Gasteiger partial charge is 0.191 e. The van der Waals surface area contributed by atoms with E-state index in [0.717, 1.165) is 45.1 Å². The Balaban J connectivity index is 1.77. The molecule has 1 heterocycles. The summed E-state index contributed by atoms with van der Waals surface area (Å²) in [5.74, 6) is 0.628. The van der Waals surface area contributed by atoms with E-state index in [4.69, 9.17) is 4.74 Å². The Bertz CT molecular complexity index is 543. The van der Waals surface area contributed by atoms with Crippen molar-refractivity contribution in [2.45, 2.75) is 26.2 Å².